The number of hydrogen-bond donors (Lipinski definition) is 2. The third-order valence-corrected chi connectivity index (χ3v) is 7.80. The van der Waals surface area contributed by atoms with Gasteiger partial charge >= 0.3 is 6.18 Å². The molecule has 1 atom stereocenters. The van der Waals surface area contributed by atoms with Crippen molar-refractivity contribution in [2.24, 2.45) is 5.41 Å². The molecule has 4 aromatic rings. The molecule has 0 saturated carbocycles. The molecule has 218 valence electrons. The van der Waals surface area contributed by atoms with Crippen LogP contribution in [0.2, 0.25) is 0 Å². The largest absolute Gasteiger partial charge is 0.416 e. The predicted octanol–water partition coefficient (Wildman–Crippen LogP) is 4.41. The van der Waals surface area contributed by atoms with E-state index < -0.39 is 23.1 Å². The molecule has 2 aliphatic heterocycles. The molecule has 13 heteroatoms. The summed E-state index contributed by atoms with van der Waals surface area (Å²) < 4.78 is 46.1. The van der Waals surface area contributed by atoms with Gasteiger partial charge in [-0.2, -0.15) is 18.3 Å². The van der Waals surface area contributed by atoms with E-state index in [0.717, 1.165) is 42.3 Å². The molecule has 2 aliphatic rings. The number of anilines is 2. The molecule has 2 saturated heterocycles. The normalized spacial score (nSPS) is 18.5. The number of fused-ring (bicyclic) bond motifs is 1. The molecule has 3 aromatic heterocycles. The molecule has 2 fully saturated rings. The second-order valence-corrected chi connectivity index (χ2v) is 11.0. The number of carbonyl (C=O) groups is 2. The van der Waals surface area contributed by atoms with Crippen molar-refractivity contribution < 1.29 is 27.5 Å². The highest BCUT2D eigenvalue weighted by atomic mass is 19.4. The highest BCUT2D eigenvalue weighted by Gasteiger charge is 2.44. The number of benzene rings is 1. The zero-order chi connectivity index (χ0) is 29.6. The van der Waals surface area contributed by atoms with Gasteiger partial charge in [-0.3, -0.25) is 9.59 Å². The lowest BCUT2D eigenvalue weighted by Crippen LogP contribution is -2.55. The molecule has 1 aromatic carbocycles. The van der Waals surface area contributed by atoms with Crippen LogP contribution in [0.25, 0.3) is 16.6 Å². The van der Waals surface area contributed by atoms with Gasteiger partial charge in [0.1, 0.15) is 17.2 Å². The number of carbonyl (C=O) groups excluding carboxylic acids is 2. The van der Waals surface area contributed by atoms with Gasteiger partial charge in [-0.15, -0.1) is 0 Å². The topological polar surface area (TPSA) is 128 Å². The Kier molecular flexibility index (Phi) is 6.84. The maximum atomic E-state index is 13.2. The summed E-state index contributed by atoms with van der Waals surface area (Å²) in [5.74, 6) is -0.454. The van der Waals surface area contributed by atoms with Crippen LogP contribution in [0.5, 0.6) is 0 Å². The summed E-state index contributed by atoms with van der Waals surface area (Å²) in [6, 6.07) is 9.90. The van der Waals surface area contributed by atoms with Gasteiger partial charge in [0.15, 0.2) is 0 Å². The Bertz CT molecular complexity index is 1670. The zero-order valence-corrected chi connectivity index (χ0v) is 22.7. The molecule has 6 rings (SSSR count). The van der Waals surface area contributed by atoms with Crippen molar-refractivity contribution in [2.45, 2.75) is 31.9 Å². The molecule has 0 spiro atoms. The first-order valence-electron chi connectivity index (χ1n) is 13.5. The maximum Gasteiger partial charge on any atom is 0.416 e. The van der Waals surface area contributed by atoms with Crippen molar-refractivity contribution >= 4 is 34.4 Å². The minimum Gasteiger partial charge on any atom is -0.382 e. The van der Waals surface area contributed by atoms with E-state index >= 15 is 0 Å². The second kappa shape index (κ2) is 10.4. The van der Waals surface area contributed by atoms with Crippen molar-refractivity contribution in [3.05, 3.63) is 71.7 Å². The van der Waals surface area contributed by atoms with E-state index in [4.69, 9.17) is 15.6 Å². The number of pyridine rings is 2. The summed E-state index contributed by atoms with van der Waals surface area (Å²) in [5, 5.41) is 8.16. The fraction of sp³-hybridized carbons (Fsp3) is 0.345. The molecule has 0 radical (unpaired) electrons. The quantitative estimate of drug-likeness (QED) is 0.358. The van der Waals surface area contributed by atoms with Crippen LogP contribution in [-0.2, 0) is 15.7 Å². The first-order valence-corrected chi connectivity index (χ1v) is 13.5. The number of likely N-dealkylation sites (tertiary alicyclic amines) is 1. The van der Waals surface area contributed by atoms with Crippen molar-refractivity contribution in [1.29, 1.82) is 0 Å². The lowest BCUT2D eigenvalue weighted by atomic mass is 9.85. The van der Waals surface area contributed by atoms with Crippen molar-refractivity contribution in [1.82, 2.24) is 24.6 Å². The average Bonchev–Trinajstić information content (AvgIpc) is 3.36. The number of alkyl halides is 3. The van der Waals surface area contributed by atoms with Crippen LogP contribution in [-0.4, -0.2) is 62.8 Å². The number of aromatic nitrogens is 4. The predicted molar refractivity (Wildman–Crippen MR) is 148 cm³/mol. The molecular weight excluding hydrogens is 551 g/mol. The van der Waals surface area contributed by atoms with E-state index in [2.05, 4.69) is 15.3 Å². The SMILES string of the molecule is CC1(C(=O)N2CCC[C@@H](c3nn(-c4ccc(C(=O)Nc5cc(C(F)(F)F)ccn5)cc4)c4c(N)nccc34)C2)COC1. The summed E-state index contributed by atoms with van der Waals surface area (Å²) in [4.78, 5) is 35.9. The molecular formula is C29H28F3N7O3. The van der Waals surface area contributed by atoms with Gasteiger partial charge < -0.3 is 20.7 Å². The Balaban J connectivity index is 1.26. The number of nitrogen functional groups attached to an aromatic ring is 1. The summed E-state index contributed by atoms with van der Waals surface area (Å²) in [7, 11) is 0. The molecule has 42 heavy (non-hydrogen) atoms. The third kappa shape index (κ3) is 5.04. The smallest absolute Gasteiger partial charge is 0.382 e. The average molecular weight is 580 g/mol. The van der Waals surface area contributed by atoms with Gasteiger partial charge in [0.05, 0.1) is 35.6 Å². The number of nitrogens with one attached hydrogen (secondary N) is 1. The van der Waals surface area contributed by atoms with E-state index in [0.29, 0.717) is 37.5 Å². The van der Waals surface area contributed by atoms with Gasteiger partial charge in [-0.25, -0.2) is 14.6 Å². The summed E-state index contributed by atoms with van der Waals surface area (Å²) in [6.45, 7) is 4.01. The second-order valence-electron chi connectivity index (χ2n) is 11.0. The number of nitrogens with zero attached hydrogens (tertiary/aromatic N) is 5. The molecule has 0 aliphatic carbocycles. The molecule has 2 amide bonds. The van der Waals surface area contributed by atoms with Crippen LogP contribution < -0.4 is 11.1 Å². The molecule has 5 heterocycles. The lowest BCUT2D eigenvalue weighted by Gasteiger charge is -2.42. The number of piperidine rings is 1. The van der Waals surface area contributed by atoms with Crippen molar-refractivity contribution in [2.75, 3.05) is 37.4 Å². The Morgan fingerprint density at radius 2 is 1.83 bits per heavy atom. The number of halogens is 3. The number of nitrogens with two attached hydrogens (primary N) is 1. The van der Waals surface area contributed by atoms with Crippen LogP contribution in [0.4, 0.5) is 24.8 Å². The van der Waals surface area contributed by atoms with Gasteiger partial charge in [-0.1, -0.05) is 0 Å². The molecule has 0 bridgehead atoms. The highest BCUT2D eigenvalue weighted by molar-refractivity contribution is 6.04. The Morgan fingerprint density at radius 3 is 2.52 bits per heavy atom. The van der Waals surface area contributed by atoms with Gasteiger partial charge in [0.25, 0.3) is 5.91 Å². The monoisotopic (exact) mass is 579 g/mol. The number of rotatable bonds is 5. The first-order chi connectivity index (χ1) is 20.0. The van der Waals surface area contributed by atoms with Gasteiger partial charge in [-0.05, 0) is 62.2 Å². The molecule has 0 unspecified atom stereocenters. The number of hydrogen-bond acceptors (Lipinski definition) is 7. The minimum absolute atomic E-state index is 0.0112. The van der Waals surface area contributed by atoms with Crippen LogP contribution in [0, 0.1) is 5.41 Å². The summed E-state index contributed by atoms with van der Waals surface area (Å²) in [5.41, 5.74) is 7.16. The summed E-state index contributed by atoms with van der Waals surface area (Å²) in [6.07, 6.45) is -0.243. The van der Waals surface area contributed by atoms with E-state index in [1.807, 2.05) is 17.9 Å². The Hall–Kier alpha value is -4.52. The molecule has 10 nitrogen and oxygen atoms in total. The van der Waals surface area contributed by atoms with Crippen LogP contribution >= 0.6 is 0 Å². The van der Waals surface area contributed by atoms with Crippen LogP contribution in [0.1, 0.15) is 47.3 Å². The lowest BCUT2D eigenvalue weighted by molar-refractivity contribution is -0.169. The summed E-state index contributed by atoms with van der Waals surface area (Å²) >= 11 is 0. The van der Waals surface area contributed by atoms with E-state index in [9.17, 15) is 22.8 Å². The van der Waals surface area contributed by atoms with Crippen LogP contribution in [0.15, 0.2) is 54.9 Å². The third-order valence-electron chi connectivity index (χ3n) is 7.80. The molecule has 3 N–H and O–H groups in total. The van der Waals surface area contributed by atoms with Crippen LogP contribution in [0.3, 0.4) is 0 Å². The Labute approximate surface area is 238 Å². The fourth-order valence-electron chi connectivity index (χ4n) is 5.52. The van der Waals surface area contributed by atoms with Crippen molar-refractivity contribution in [3.63, 3.8) is 0 Å². The van der Waals surface area contributed by atoms with E-state index in [1.165, 1.54) is 0 Å². The highest BCUT2D eigenvalue weighted by Crippen LogP contribution is 2.37. The van der Waals surface area contributed by atoms with Gasteiger partial charge in [0, 0.05) is 42.4 Å². The fourth-order valence-corrected chi connectivity index (χ4v) is 5.52. The first kappa shape index (κ1) is 27.6. The van der Waals surface area contributed by atoms with Crippen molar-refractivity contribution in [3.8, 4) is 5.69 Å². The standard InChI is InChI=1S/C29H28F3N7O3/c1-28(15-42-16-28)27(41)38-12-2-3-18(14-38)23-21-9-11-35-25(33)24(21)39(37-23)20-6-4-17(5-7-20)26(40)36-22-13-19(8-10-34-22)29(30,31)32/h4-11,13,18H,2-3,12,14-16H2,1H3,(H2,33,35)(H,34,36,40)/t18-/m1/s1. The van der Waals surface area contributed by atoms with E-state index in [-0.39, 0.29) is 29.0 Å². The Morgan fingerprint density at radius 1 is 1.10 bits per heavy atom. The van der Waals surface area contributed by atoms with Gasteiger partial charge in [0.2, 0.25) is 5.91 Å². The van der Waals surface area contributed by atoms with E-state index in [1.54, 1.807) is 35.1 Å². The minimum atomic E-state index is -4.55. The zero-order valence-electron chi connectivity index (χ0n) is 22.7. The number of amides is 2. The maximum absolute atomic E-state index is 13.2. The number of ether oxygens (including phenoxy) is 1.